The number of hydrogen-bond acceptors (Lipinski definition) is 4. The molecule has 6 aromatic carbocycles. The topological polar surface area (TPSA) is 60.5 Å². The highest BCUT2D eigenvalue weighted by Crippen LogP contribution is 2.35. The van der Waals surface area contributed by atoms with Gasteiger partial charge in [0.05, 0.1) is 11.6 Å². The first-order valence-corrected chi connectivity index (χ1v) is 13.9. The van der Waals surface area contributed by atoms with Gasteiger partial charge in [0.15, 0.2) is 5.84 Å². The van der Waals surface area contributed by atoms with Crippen molar-refractivity contribution in [2.45, 2.75) is 6.17 Å². The molecule has 0 fully saturated rings. The number of fused-ring (bicyclic) bond motifs is 1. The number of aliphatic imine (C=N–C) groups is 2. The van der Waals surface area contributed by atoms with Crippen molar-refractivity contribution in [3.63, 3.8) is 0 Å². The minimum atomic E-state index is -0.308. The van der Waals surface area contributed by atoms with E-state index in [9.17, 15) is 5.26 Å². The van der Waals surface area contributed by atoms with Crippen LogP contribution in [-0.4, -0.2) is 11.7 Å². The first kappa shape index (κ1) is 25.2. The minimum Gasteiger partial charge on any atom is -0.344 e. The zero-order valence-electron chi connectivity index (χ0n) is 22.8. The molecule has 0 aliphatic carbocycles. The van der Waals surface area contributed by atoms with Crippen molar-refractivity contribution in [2.75, 3.05) is 0 Å². The maximum atomic E-state index is 9.19. The monoisotopic (exact) mass is 538 g/mol. The van der Waals surface area contributed by atoms with Crippen LogP contribution >= 0.6 is 0 Å². The van der Waals surface area contributed by atoms with Gasteiger partial charge in [-0.3, -0.25) is 0 Å². The molecule has 1 aliphatic heterocycles. The Bertz CT molecular complexity index is 2000. The minimum absolute atomic E-state index is 0.308. The predicted octanol–water partition coefficient (Wildman–Crippen LogP) is 8.54. The van der Waals surface area contributed by atoms with Crippen molar-refractivity contribution in [2.24, 2.45) is 9.98 Å². The van der Waals surface area contributed by atoms with Crippen molar-refractivity contribution < 1.29 is 0 Å². The van der Waals surface area contributed by atoms with E-state index in [-0.39, 0.29) is 6.17 Å². The van der Waals surface area contributed by atoms with Gasteiger partial charge in [-0.05, 0) is 51.2 Å². The Kier molecular flexibility index (Phi) is 6.60. The van der Waals surface area contributed by atoms with Gasteiger partial charge < -0.3 is 5.32 Å². The smallest absolute Gasteiger partial charge is 0.159 e. The molecule has 6 aromatic rings. The summed E-state index contributed by atoms with van der Waals surface area (Å²) in [5, 5.41) is 15.1. The Morgan fingerprint density at radius 3 is 1.95 bits per heavy atom. The van der Waals surface area contributed by atoms with E-state index in [1.54, 1.807) is 0 Å². The fraction of sp³-hybridized carbons (Fsp3) is 0.0263. The second kappa shape index (κ2) is 11.0. The first-order chi connectivity index (χ1) is 20.8. The second-order valence-electron chi connectivity index (χ2n) is 10.2. The normalized spacial score (nSPS) is 14.4. The number of hydrogen-bond donors (Lipinski definition) is 1. The predicted molar refractivity (Wildman–Crippen MR) is 171 cm³/mol. The van der Waals surface area contributed by atoms with Crippen LogP contribution in [0.5, 0.6) is 0 Å². The first-order valence-electron chi connectivity index (χ1n) is 13.9. The van der Waals surface area contributed by atoms with Crippen molar-refractivity contribution >= 4 is 22.4 Å². The molecule has 1 aliphatic rings. The van der Waals surface area contributed by atoms with Gasteiger partial charge in [0.25, 0.3) is 0 Å². The molecule has 0 saturated heterocycles. The molecule has 0 aromatic heterocycles. The summed E-state index contributed by atoms with van der Waals surface area (Å²) >= 11 is 0. The van der Waals surface area contributed by atoms with Crippen LogP contribution in [0.25, 0.3) is 33.0 Å². The Hall–Kier alpha value is -5.79. The van der Waals surface area contributed by atoms with Crippen LogP contribution in [0.4, 0.5) is 0 Å². The van der Waals surface area contributed by atoms with E-state index < -0.39 is 0 Å². The average molecular weight is 539 g/mol. The standard InChI is InChI=1S/C38H26N4/c39-25-26-20-22-27(23-21-26)30-14-7-15-31(24-30)32-16-8-18-34-33(32)17-9-19-35(34)38-41-36(28-10-3-1-4-11-28)40-37(42-38)29-12-5-2-6-13-29/h1-24,38H,(H,40,41,42). The van der Waals surface area contributed by atoms with Gasteiger partial charge in [-0.25, -0.2) is 9.98 Å². The number of rotatable bonds is 5. The summed E-state index contributed by atoms with van der Waals surface area (Å²) in [6, 6.07) is 51.7. The van der Waals surface area contributed by atoms with Gasteiger partial charge in [0, 0.05) is 16.7 Å². The molecular formula is C38H26N4. The molecule has 0 spiro atoms. The van der Waals surface area contributed by atoms with Gasteiger partial charge in [0.2, 0.25) is 0 Å². The maximum absolute atomic E-state index is 9.19. The van der Waals surface area contributed by atoms with E-state index in [4.69, 9.17) is 9.98 Å². The molecule has 1 N–H and O–H groups in total. The van der Waals surface area contributed by atoms with Crippen LogP contribution < -0.4 is 5.32 Å². The van der Waals surface area contributed by atoms with Crippen LogP contribution in [-0.2, 0) is 0 Å². The summed E-state index contributed by atoms with van der Waals surface area (Å²) in [6.07, 6.45) is -0.308. The highest BCUT2D eigenvalue weighted by atomic mass is 15.2. The molecule has 0 bridgehead atoms. The summed E-state index contributed by atoms with van der Waals surface area (Å²) in [5.74, 6) is 1.51. The molecule has 198 valence electrons. The third-order valence-electron chi connectivity index (χ3n) is 7.59. The summed E-state index contributed by atoms with van der Waals surface area (Å²) < 4.78 is 0. The number of amidine groups is 2. The van der Waals surface area contributed by atoms with Crippen LogP contribution in [0.1, 0.15) is 28.4 Å². The van der Waals surface area contributed by atoms with E-state index in [1.165, 1.54) is 0 Å². The lowest BCUT2D eigenvalue weighted by molar-refractivity contribution is 0.679. The van der Waals surface area contributed by atoms with E-state index in [0.29, 0.717) is 11.4 Å². The zero-order chi connectivity index (χ0) is 28.3. The molecule has 4 heteroatoms. The molecule has 42 heavy (non-hydrogen) atoms. The van der Waals surface area contributed by atoms with Crippen LogP contribution in [0.15, 0.2) is 156 Å². The zero-order valence-corrected chi connectivity index (χ0v) is 22.8. The second-order valence-corrected chi connectivity index (χ2v) is 10.2. The van der Waals surface area contributed by atoms with Crippen LogP contribution in [0.2, 0.25) is 0 Å². The number of nitrogens with one attached hydrogen (secondary N) is 1. The highest BCUT2D eigenvalue weighted by molar-refractivity contribution is 6.13. The third kappa shape index (κ3) is 4.85. The Morgan fingerprint density at radius 2 is 1.19 bits per heavy atom. The van der Waals surface area contributed by atoms with E-state index in [2.05, 4.69) is 96.3 Å². The van der Waals surface area contributed by atoms with Gasteiger partial charge in [-0.15, -0.1) is 0 Å². The molecule has 1 unspecified atom stereocenters. The Morgan fingerprint density at radius 1 is 0.548 bits per heavy atom. The maximum Gasteiger partial charge on any atom is 0.159 e. The van der Waals surface area contributed by atoms with E-state index in [0.717, 1.165) is 55.6 Å². The number of benzene rings is 6. The summed E-state index contributed by atoms with van der Waals surface area (Å²) in [5.41, 5.74) is 8.24. The molecule has 1 atom stereocenters. The molecule has 4 nitrogen and oxygen atoms in total. The quantitative estimate of drug-likeness (QED) is 0.239. The molecule has 0 amide bonds. The van der Waals surface area contributed by atoms with Crippen molar-refractivity contribution in [3.05, 3.63) is 168 Å². The van der Waals surface area contributed by atoms with Gasteiger partial charge in [-0.1, -0.05) is 127 Å². The third-order valence-corrected chi connectivity index (χ3v) is 7.59. The highest BCUT2D eigenvalue weighted by Gasteiger charge is 2.23. The van der Waals surface area contributed by atoms with E-state index >= 15 is 0 Å². The summed E-state index contributed by atoms with van der Waals surface area (Å²) in [4.78, 5) is 10.0. The SMILES string of the molecule is N#Cc1ccc(-c2cccc(-c3cccc4c(C5N=C(c6ccccc6)N=C(c6ccccc6)N5)cccc34)c2)cc1. The van der Waals surface area contributed by atoms with Crippen molar-refractivity contribution in [3.8, 4) is 28.3 Å². The molecular weight excluding hydrogens is 512 g/mol. The lowest BCUT2D eigenvalue weighted by atomic mass is 9.92. The molecule has 7 rings (SSSR count). The van der Waals surface area contributed by atoms with Crippen molar-refractivity contribution in [1.29, 1.82) is 5.26 Å². The molecule has 0 saturated carbocycles. The number of nitrogens with zero attached hydrogens (tertiary/aromatic N) is 3. The molecule has 0 radical (unpaired) electrons. The van der Waals surface area contributed by atoms with Gasteiger partial charge >= 0.3 is 0 Å². The molecule has 1 heterocycles. The van der Waals surface area contributed by atoms with Crippen molar-refractivity contribution in [1.82, 2.24) is 5.32 Å². The largest absolute Gasteiger partial charge is 0.344 e. The fourth-order valence-electron chi connectivity index (χ4n) is 5.50. The summed E-state index contributed by atoms with van der Waals surface area (Å²) in [6.45, 7) is 0. The summed E-state index contributed by atoms with van der Waals surface area (Å²) in [7, 11) is 0. The van der Waals surface area contributed by atoms with Gasteiger partial charge in [-0.2, -0.15) is 5.26 Å². The fourth-order valence-corrected chi connectivity index (χ4v) is 5.50. The van der Waals surface area contributed by atoms with E-state index in [1.807, 2.05) is 60.7 Å². The lowest BCUT2D eigenvalue weighted by Gasteiger charge is -2.25. The lowest BCUT2D eigenvalue weighted by Crippen LogP contribution is -2.33. The van der Waals surface area contributed by atoms with Crippen LogP contribution in [0, 0.1) is 11.3 Å². The number of nitriles is 1. The van der Waals surface area contributed by atoms with Gasteiger partial charge in [0.1, 0.15) is 12.0 Å². The average Bonchev–Trinajstić information content (AvgIpc) is 3.08. The Labute approximate surface area is 245 Å². The Balaban J connectivity index is 1.32. The van der Waals surface area contributed by atoms with Crippen LogP contribution in [0.3, 0.4) is 0 Å².